The van der Waals surface area contributed by atoms with E-state index in [2.05, 4.69) is 5.32 Å². The predicted molar refractivity (Wildman–Crippen MR) is 98.4 cm³/mol. The Morgan fingerprint density at radius 2 is 1.52 bits per heavy atom. The summed E-state index contributed by atoms with van der Waals surface area (Å²) in [5, 5.41) is 11.1. The molecule has 0 unspecified atom stereocenters. The fourth-order valence-electron chi connectivity index (χ4n) is 2.82. The van der Waals surface area contributed by atoms with Crippen molar-refractivity contribution in [3.8, 4) is 0 Å². The maximum Gasteiger partial charge on any atom is 0.329 e. The lowest BCUT2D eigenvalue weighted by Gasteiger charge is -2.44. The molecule has 1 saturated heterocycles. The van der Waals surface area contributed by atoms with Gasteiger partial charge in [-0.25, -0.2) is 4.79 Å². The van der Waals surface area contributed by atoms with Gasteiger partial charge in [0.2, 0.25) is 5.91 Å². The molecule has 31 heavy (non-hydrogen) atoms. The zero-order chi connectivity index (χ0) is 23.6. The number of carboxylic acids is 1. The summed E-state index contributed by atoms with van der Waals surface area (Å²) in [5.41, 5.74) is 0. The Kier molecular flexibility index (Phi) is 10.9. The summed E-state index contributed by atoms with van der Waals surface area (Å²) < 4.78 is 31.7. The van der Waals surface area contributed by atoms with Crippen LogP contribution in [-0.4, -0.2) is 92.0 Å². The predicted octanol–water partition coefficient (Wildman–Crippen LogP) is -1.24. The van der Waals surface area contributed by atoms with Gasteiger partial charge in [0, 0.05) is 27.7 Å². The largest absolute Gasteiger partial charge is 0.480 e. The standard InChI is InChI=1S/C18H27NO12/c1-9(20)19-15-17(30-12(4)23)16(29-11(3)22)13(7-28-10(2)21)31-18(15)27-6-5-26-8-14(24)25/h13,15-18H,5-8H2,1-4H3,(H,19,20)(H,24,25)/t13-,15-,16+,17-,18-/m1/s1. The number of aliphatic carboxylic acids is 1. The molecule has 5 atom stereocenters. The van der Waals surface area contributed by atoms with Crippen LogP contribution < -0.4 is 5.32 Å². The highest BCUT2D eigenvalue weighted by Gasteiger charge is 2.51. The maximum atomic E-state index is 11.7. The van der Waals surface area contributed by atoms with Crippen LogP contribution >= 0.6 is 0 Å². The monoisotopic (exact) mass is 449 g/mol. The summed E-state index contributed by atoms with van der Waals surface area (Å²) in [6.45, 7) is 3.49. The van der Waals surface area contributed by atoms with Crippen molar-refractivity contribution in [1.29, 1.82) is 0 Å². The Labute approximate surface area is 178 Å². The van der Waals surface area contributed by atoms with Crippen LogP contribution in [0.1, 0.15) is 27.7 Å². The van der Waals surface area contributed by atoms with Crippen molar-refractivity contribution in [1.82, 2.24) is 5.32 Å². The highest BCUT2D eigenvalue weighted by Crippen LogP contribution is 2.28. The van der Waals surface area contributed by atoms with Crippen LogP contribution in [0.5, 0.6) is 0 Å². The van der Waals surface area contributed by atoms with Gasteiger partial charge in [-0.3, -0.25) is 19.2 Å². The molecule has 0 aromatic heterocycles. The Hall–Kier alpha value is -2.77. The van der Waals surface area contributed by atoms with Gasteiger partial charge in [-0.05, 0) is 0 Å². The normalized spacial score (nSPS) is 25.2. The van der Waals surface area contributed by atoms with E-state index in [1.54, 1.807) is 0 Å². The summed E-state index contributed by atoms with van der Waals surface area (Å²) >= 11 is 0. The molecule has 1 amide bonds. The third-order valence-electron chi connectivity index (χ3n) is 3.81. The summed E-state index contributed by atoms with van der Waals surface area (Å²) in [6.07, 6.45) is -4.77. The van der Waals surface area contributed by atoms with Crippen LogP contribution in [0, 0.1) is 0 Å². The lowest BCUT2D eigenvalue weighted by Crippen LogP contribution is -2.66. The van der Waals surface area contributed by atoms with E-state index in [1.165, 1.54) is 13.8 Å². The fraction of sp³-hybridized carbons (Fsp3) is 0.722. The van der Waals surface area contributed by atoms with Crippen molar-refractivity contribution in [2.45, 2.75) is 58.3 Å². The molecule has 0 aromatic rings. The first kappa shape index (κ1) is 26.3. The van der Waals surface area contributed by atoms with E-state index in [1.807, 2.05) is 0 Å². The number of ether oxygens (including phenoxy) is 6. The molecule has 1 aliphatic rings. The van der Waals surface area contributed by atoms with Crippen LogP contribution in [0.2, 0.25) is 0 Å². The highest BCUT2D eigenvalue weighted by molar-refractivity contribution is 5.73. The molecule has 1 rings (SSSR count). The van der Waals surface area contributed by atoms with Crippen molar-refractivity contribution < 1.29 is 57.5 Å². The molecule has 0 bridgehead atoms. The van der Waals surface area contributed by atoms with Gasteiger partial charge in [0.05, 0.1) is 13.2 Å². The molecule has 0 aliphatic carbocycles. The Balaban J connectivity index is 3.11. The minimum atomic E-state index is -1.23. The first-order valence-corrected chi connectivity index (χ1v) is 9.32. The quantitative estimate of drug-likeness (QED) is 0.218. The van der Waals surface area contributed by atoms with Gasteiger partial charge in [-0.15, -0.1) is 0 Å². The molecule has 1 heterocycles. The number of carbonyl (C=O) groups excluding carboxylic acids is 4. The topological polar surface area (TPSA) is 173 Å². The van der Waals surface area contributed by atoms with Crippen LogP contribution in [0.15, 0.2) is 0 Å². The van der Waals surface area contributed by atoms with Crippen molar-refractivity contribution >= 4 is 29.8 Å². The van der Waals surface area contributed by atoms with Gasteiger partial charge in [-0.1, -0.05) is 0 Å². The van der Waals surface area contributed by atoms with Gasteiger partial charge in [0.25, 0.3) is 0 Å². The van der Waals surface area contributed by atoms with Crippen molar-refractivity contribution in [2.75, 3.05) is 26.4 Å². The summed E-state index contributed by atoms with van der Waals surface area (Å²) in [4.78, 5) is 56.8. The molecule has 0 saturated carbocycles. The number of hydrogen-bond donors (Lipinski definition) is 2. The molecular formula is C18H27NO12. The lowest BCUT2D eigenvalue weighted by molar-refractivity contribution is -0.279. The molecule has 0 spiro atoms. The molecule has 176 valence electrons. The molecule has 1 aliphatic heterocycles. The van der Waals surface area contributed by atoms with E-state index in [0.717, 1.165) is 13.8 Å². The molecule has 1 fully saturated rings. The Morgan fingerprint density at radius 1 is 0.903 bits per heavy atom. The van der Waals surface area contributed by atoms with Crippen LogP contribution in [0.3, 0.4) is 0 Å². The number of carbonyl (C=O) groups is 5. The molecule has 13 heteroatoms. The first-order chi connectivity index (χ1) is 14.5. The average Bonchev–Trinajstić information content (AvgIpc) is 2.62. The number of amides is 1. The minimum absolute atomic E-state index is 0.112. The van der Waals surface area contributed by atoms with Gasteiger partial charge in [0.15, 0.2) is 18.5 Å². The van der Waals surface area contributed by atoms with Gasteiger partial charge in [0.1, 0.15) is 25.4 Å². The van der Waals surface area contributed by atoms with Gasteiger partial charge < -0.3 is 38.8 Å². The van der Waals surface area contributed by atoms with Crippen molar-refractivity contribution in [3.63, 3.8) is 0 Å². The zero-order valence-corrected chi connectivity index (χ0v) is 17.7. The second kappa shape index (κ2) is 12.8. The molecule has 0 radical (unpaired) electrons. The van der Waals surface area contributed by atoms with E-state index in [0.29, 0.717) is 0 Å². The van der Waals surface area contributed by atoms with E-state index >= 15 is 0 Å². The summed E-state index contributed by atoms with van der Waals surface area (Å²) in [6, 6.07) is -1.10. The third-order valence-corrected chi connectivity index (χ3v) is 3.81. The fourth-order valence-corrected chi connectivity index (χ4v) is 2.82. The van der Waals surface area contributed by atoms with Gasteiger partial charge >= 0.3 is 23.9 Å². The Morgan fingerprint density at radius 3 is 2.03 bits per heavy atom. The highest BCUT2D eigenvalue weighted by atomic mass is 16.7. The average molecular weight is 449 g/mol. The Bertz CT molecular complexity index is 666. The smallest absolute Gasteiger partial charge is 0.329 e. The number of carboxylic acid groups (broad SMARTS) is 1. The number of esters is 3. The molecular weight excluding hydrogens is 422 g/mol. The van der Waals surface area contributed by atoms with Crippen LogP contribution in [0.25, 0.3) is 0 Å². The van der Waals surface area contributed by atoms with E-state index in [9.17, 15) is 24.0 Å². The second-order valence-corrected chi connectivity index (χ2v) is 6.54. The van der Waals surface area contributed by atoms with Crippen molar-refractivity contribution in [2.24, 2.45) is 0 Å². The number of nitrogens with one attached hydrogen (secondary N) is 1. The van der Waals surface area contributed by atoms with Crippen LogP contribution in [-0.2, 0) is 52.4 Å². The first-order valence-electron chi connectivity index (χ1n) is 9.32. The zero-order valence-electron chi connectivity index (χ0n) is 17.7. The van der Waals surface area contributed by atoms with E-state index in [-0.39, 0.29) is 19.8 Å². The van der Waals surface area contributed by atoms with Crippen molar-refractivity contribution in [3.05, 3.63) is 0 Å². The summed E-state index contributed by atoms with van der Waals surface area (Å²) in [5.74, 6) is -3.75. The third kappa shape index (κ3) is 9.72. The molecule has 2 N–H and O–H groups in total. The van der Waals surface area contributed by atoms with E-state index in [4.69, 9.17) is 33.5 Å². The van der Waals surface area contributed by atoms with Gasteiger partial charge in [-0.2, -0.15) is 0 Å². The minimum Gasteiger partial charge on any atom is -0.480 e. The van der Waals surface area contributed by atoms with Crippen LogP contribution in [0.4, 0.5) is 0 Å². The maximum absolute atomic E-state index is 11.7. The number of hydrogen-bond acceptors (Lipinski definition) is 11. The lowest BCUT2D eigenvalue weighted by atomic mass is 9.96. The summed E-state index contributed by atoms with van der Waals surface area (Å²) in [7, 11) is 0. The number of rotatable bonds is 11. The SMILES string of the molecule is CC(=O)N[C@H]1[C@H](OCCOCC(=O)O)O[C@H](COC(C)=O)[C@H](OC(C)=O)[C@@H]1OC(C)=O. The van der Waals surface area contributed by atoms with E-state index < -0.39 is 67.0 Å². The molecule has 13 nitrogen and oxygen atoms in total. The second-order valence-electron chi connectivity index (χ2n) is 6.54. The molecule has 0 aromatic carbocycles.